The minimum atomic E-state index is -0.742. The monoisotopic (exact) mass is 389 g/mol. The largest absolute Gasteiger partial charge is 0.427 e. The molecule has 0 aliphatic carbocycles. The van der Waals surface area contributed by atoms with Crippen LogP contribution in [0.1, 0.15) is 50.5 Å². The molecule has 2 aromatic rings. The Labute approximate surface area is 164 Å². The summed E-state index contributed by atoms with van der Waals surface area (Å²) in [5.74, 6) is -0.573. The molecular formula is C21H28FN3O3. The number of aromatic nitrogens is 1. The fourth-order valence-corrected chi connectivity index (χ4v) is 3.60. The summed E-state index contributed by atoms with van der Waals surface area (Å²) in [5, 5.41) is 2.72. The Morgan fingerprint density at radius 3 is 2.75 bits per heavy atom. The molecule has 152 valence electrons. The highest BCUT2D eigenvalue weighted by Crippen LogP contribution is 2.32. The van der Waals surface area contributed by atoms with Gasteiger partial charge in [0.1, 0.15) is 5.82 Å². The molecule has 1 amide bonds. The first-order chi connectivity index (χ1) is 13.5. The van der Waals surface area contributed by atoms with E-state index in [9.17, 15) is 14.0 Å². The number of piperidine rings is 1. The van der Waals surface area contributed by atoms with E-state index in [4.69, 9.17) is 4.42 Å². The van der Waals surface area contributed by atoms with Gasteiger partial charge >= 0.3 is 11.8 Å². The van der Waals surface area contributed by atoms with Crippen molar-refractivity contribution in [2.24, 2.45) is 0 Å². The van der Waals surface area contributed by atoms with Gasteiger partial charge in [0.25, 0.3) is 0 Å². The topological polar surface area (TPSA) is 67.5 Å². The molecule has 0 bridgehead atoms. The van der Waals surface area contributed by atoms with Gasteiger partial charge in [0.05, 0.1) is 6.20 Å². The maximum absolute atomic E-state index is 14.4. The molecule has 6 nitrogen and oxygen atoms in total. The predicted octanol–water partition coefficient (Wildman–Crippen LogP) is 3.80. The lowest BCUT2D eigenvalue weighted by Crippen LogP contribution is -2.34. The van der Waals surface area contributed by atoms with Crippen molar-refractivity contribution in [3.8, 4) is 11.3 Å². The number of oxazole rings is 1. The summed E-state index contributed by atoms with van der Waals surface area (Å²) in [7, 11) is 2.06. The van der Waals surface area contributed by atoms with Gasteiger partial charge in [-0.15, -0.1) is 0 Å². The highest BCUT2D eigenvalue weighted by atomic mass is 19.1. The average Bonchev–Trinajstić information content (AvgIpc) is 3.08. The molecule has 1 saturated heterocycles. The van der Waals surface area contributed by atoms with Crippen LogP contribution in [-0.2, 0) is 0 Å². The summed E-state index contributed by atoms with van der Waals surface area (Å²) in [6.45, 7) is 4.45. The van der Waals surface area contributed by atoms with Gasteiger partial charge in [-0.25, -0.2) is 14.0 Å². The summed E-state index contributed by atoms with van der Waals surface area (Å²) < 4.78 is 20.6. The minimum Gasteiger partial charge on any atom is -0.407 e. The number of hydrogen-bond donors (Lipinski definition) is 1. The molecule has 0 unspecified atom stereocenters. The van der Waals surface area contributed by atoms with E-state index in [1.807, 2.05) is 0 Å². The van der Waals surface area contributed by atoms with Crippen molar-refractivity contribution in [1.29, 1.82) is 0 Å². The molecule has 1 fully saturated rings. The highest BCUT2D eigenvalue weighted by Gasteiger charge is 2.22. The normalized spacial score (nSPS) is 15.7. The molecule has 1 N–H and O–H groups in total. The molecule has 7 heteroatoms. The number of carbonyl (C=O) groups excluding carboxylic acids is 1. The van der Waals surface area contributed by atoms with Gasteiger partial charge in [0.15, 0.2) is 5.76 Å². The number of halogens is 1. The summed E-state index contributed by atoms with van der Waals surface area (Å²) >= 11 is 0. The summed E-state index contributed by atoms with van der Waals surface area (Å²) in [6, 6.07) is 4.22. The second-order valence-corrected chi connectivity index (χ2v) is 7.48. The Hall–Kier alpha value is -2.41. The number of unbranched alkanes of at least 4 members (excludes halogenated alkanes) is 2. The maximum Gasteiger partial charge on any atom is 0.427 e. The van der Waals surface area contributed by atoms with Crippen LogP contribution in [-0.4, -0.2) is 42.2 Å². The second-order valence-electron chi connectivity index (χ2n) is 7.48. The van der Waals surface area contributed by atoms with E-state index in [0.29, 0.717) is 17.7 Å². The second kappa shape index (κ2) is 9.19. The van der Waals surface area contributed by atoms with Crippen LogP contribution >= 0.6 is 0 Å². The van der Waals surface area contributed by atoms with E-state index in [-0.39, 0.29) is 17.5 Å². The molecule has 1 aliphatic rings. The van der Waals surface area contributed by atoms with Crippen LogP contribution in [0.3, 0.4) is 0 Å². The zero-order valence-electron chi connectivity index (χ0n) is 16.5. The third-order valence-electron chi connectivity index (χ3n) is 5.35. The summed E-state index contributed by atoms with van der Waals surface area (Å²) in [5.41, 5.74) is 1.25. The zero-order valence-corrected chi connectivity index (χ0v) is 16.5. The lowest BCUT2D eigenvalue weighted by atomic mass is 9.88. The van der Waals surface area contributed by atoms with Crippen molar-refractivity contribution in [1.82, 2.24) is 14.8 Å². The van der Waals surface area contributed by atoms with E-state index < -0.39 is 11.8 Å². The van der Waals surface area contributed by atoms with Crippen LogP contribution in [0, 0.1) is 5.82 Å². The number of amides is 1. The van der Waals surface area contributed by atoms with Gasteiger partial charge in [-0.3, -0.25) is 0 Å². The molecule has 1 aliphatic heterocycles. The number of hydrogen-bond acceptors (Lipinski definition) is 4. The van der Waals surface area contributed by atoms with Crippen LogP contribution in [0.5, 0.6) is 0 Å². The lowest BCUT2D eigenvalue weighted by molar-refractivity contribution is 0.240. The van der Waals surface area contributed by atoms with Gasteiger partial charge in [-0.1, -0.05) is 19.8 Å². The fourth-order valence-electron chi connectivity index (χ4n) is 3.60. The van der Waals surface area contributed by atoms with Crippen molar-refractivity contribution in [3.63, 3.8) is 0 Å². The first-order valence-corrected chi connectivity index (χ1v) is 9.98. The van der Waals surface area contributed by atoms with Crippen LogP contribution < -0.4 is 11.1 Å². The first-order valence-electron chi connectivity index (χ1n) is 9.98. The van der Waals surface area contributed by atoms with Crippen molar-refractivity contribution in [2.45, 2.75) is 44.9 Å². The van der Waals surface area contributed by atoms with Crippen LogP contribution in [0.4, 0.5) is 9.18 Å². The third-order valence-corrected chi connectivity index (χ3v) is 5.35. The first kappa shape index (κ1) is 20.3. The van der Waals surface area contributed by atoms with Crippen molar-refractivity contribution < 1.29 is 13.6 Å². The Balaban J connectivity index is 1.78. The Morgan fingerprint density at radius 2 is 2.04 bits per heavy atom. The number of likely N-dealkylation sites (tertiary alicyclic amines) is 1. The summed E-state index contributed by atoms with van der Waals surface area (Å²) in [6.07, 6.45) is 6.09. The quantitative estimate of drug-likeness (QED) is 0.763. The van der Waals surface area contributed by atoms with Crippen LogP contribution in [0.2, 0.25) is 0 Å². The molecular weight excluding hydrogens is 361 g/mol. The van der Waals surface area contributed by atoms with Gasteiger partial charge in [-0.05, 0) is 69.1 Å². The predicted molar refractivity (Wildman–Crippen MR) is 106 cm³/mol. The maximum atomic E-state index is 14.4. The highest BCUT2D eigenvalue weighted by molar-refractivity contribution is 5.77. The Kier molecular flexibility index (Phi) is 6.67. The molecule has 3 rings (SSSR count). The van der Waals surface area contributed by atoms with Gasteiger partial charge in [-0.2, -0.15) is 4.57 Å². The standard InChI is InChI=1S/C21H28FN3O3/c1-3-4-5-10-23-20(26)25-14-19(28-21(25)27)16-6-7-18(22)17(13-16)15-8-11-24(2)12-9-15/h6-7,13-15H,3-5,8-12H2,1-2H3,(H,23,26). The van der Waals surface area contributed by atoms with Crippen molar-refractivity contribution in [2.75, 3.05) is 26.7 Å². The van der Waals surface area contributed by atoms with E-state index >= 15 is 0 Å². The molecule has 1 aromatic carbocycles. The fraction of sp³-hybridized carbons (Fsp3) is 0.524. The summed E-state index contributed by atoms with van der Waals surface area (Å²) in [4.78, 5) is 26.5. The molecule has 1 aromatic heterocycles. The van der Waals surface area contributed by atoms with E-state index in [2.05, 4.69) is 24.2 Å². The van der Waals surface area contributed by atoms with E-state index in [1.54, 1.807) is 12.1 Å². The molecule has 0 spiro atoms. The lowest BCUT2D eigenvalue weighted by Gasteiger charge is -2.29. The van der Waals surface area contributed by atoms with E-state index in [0.717, 1.165) is 49.8 Å². The third kappa shape index (κ3) is 4.70. The molecule has 2 heterocycles. The Morgan fingerprint density at radius 1 is 1.29 bits per heavy atom. The smallest absolute Gasteiger partial charge is 0.407 e. The van der Waals surface area contributed by atoms with Gasteiger partial charge in [0, 0.05) is 12.1 Å². The van der Waals surface area contributed by atoms with E-state index in [1.165, 1.54) is 12.3 Å². The molecule has 28 heavy (non-hydrogen) atoms. The number of nitrogens with zero attached hydrogens (tertiary/aromatic N) is 2. The van der Waals surface area contributed by atoms with Crippen LogP contribution in [0.25, 0.3) is 11.3 Å². The zero-order chi connectivity index (χ0) is 20.1. The SMILES string of the molecule is CCCCCNC(=O)n1cc(-c2ccc(F)c(C3CCN(C)CC3)c2)oc1=O. The number of nitrogens with one attached hydrogen (secondary N) is 1. The van der Waals surface area contributed by atoms with Crippen LogP contribution in [0.15, 0.2) is 33.6 Å². The Bertz CT molecular complexity index is 866. The average molecular weight is 389 g/mol. The number of benzene rings is 1. The van der Waals surface area contributed by atoms with Gasteiger partial charge < -0.3 is 14.6 Å². The number of rotatable bonds is 6. The minimum absolute atomic E-state index is 0.145. The van der Waals surface area contributed by atoms with Gasteiger partial charge in [0.2, 0.25) is 0 Å². The molecule has 0 saturated carbocycles. The van der Waals surface area contributed by atoms with Crippen molar-refractivity contribution >= 4 is 6.03 Å². The number of carbonyl (C=O) groups is 1. The molecule has 0 radical (unpaired) electrons. The molecule has 0 atom stereocenters. The van der Waals surface area contributed by atoms with Crippen molar-refractivity contribution in [3.05, 3.63) is 46.3 Å².